The highest BCUT2D eigenvalue weighted by Crippen LogP contribution is 1.96. The first kappa shape index (κ1) is 8.75. The molecule has 0 radical (unpaired) electrons. The van der Waals surface area contributed by atoms with Gasteiger partial charge in [0.15, 0.2) is 5.69 Å². The summed E-state index contributed by atoms with van der Waals surface area (Å²) in [6, 6.07) is 0. The van der Waals surface area contributed by atoms with Gasteiger partial charge in [-0.25, -0.2) is 4.98 Å². The lowest BCUT2D eigenvalue weighted by atomic mass is 10.4. The van der Waals surface area contributed by atoms with Crippen molar-refractivity contribution in [3.63, 3.8) is 0 Å². The Bertz CT molecular complexity index is 396. The fourth-order valence-corrected chi connectivity index (χ4v) is 1.27. The third-order valence-corrected chi connectivity index (χ3v) is 1.98. The van der Waals surface area contributed by atoms with E-state index in [0.29, 0.717) is 18.1 Å². The van der Waals surface area contributed by atoms with Crippen molar-refractivity contribution in [3.8, 4) is 0 Å². The molecule has 7 nitrogen and oxygen atoms in total. The van der Waals surface area contributed by atoms with Crippen LogP contribution >= 0.6 is 11.5 Å². The van der Waals surface area contributed by atoms with Crippen LogP contribution in [0.25, 0.3) is 0 Å². The normalized spacial score (nSPS) is 10.0. The zero-order chi connectivity index (χ0) is 9.80. The van der Waals surface area contributed by atoms with Gasteiger partial charge in [0.2, 0.25) is 0 Å². The van der Waals surface area contributed by atoms with E-state index < -0.39 is 0 Å². The van der Waals surface area contributed by atoms with Crippen LogP contribution in [0, 0.1) is 0 Å². The van der Waals surface area contributed by atoms with Crippen LogP contribution in [-0.2, 0) is 6.54 Å². The summed E-state index contributed by atoms with van der Waals surface area (Å²) in [5, 5.41) is 14.1. The van der Waals surface area contributed by atoms with E-state index in [1.807, 2.05) is 0 Å². The number of hydrogen-bond acceptors (Lipinski definition) is 6. The van der Waals surface area contributed by atoms with Crippen LogP contribution < -0.4 is 5.32 Å². The second-order valence-corrected chi connectivity index (χ2v) is 3.01. The van der Waals surface area contributed by atoms with Crippen molar-refractivity contribution >= 4 is 17.4 Å². The van der Waals surface area contributed by atoms with Crippen molar-refractivity contribution in [2.75, 3.05) is 0 Å². The monoisotopic (exact) mass is 210 g/mol. The zero-order valence-electron chi connectivity index (χ0n) is 6.97. The van der Waals surface area contributed by atoms with Gasteiger partial charge in [0.1, 0.15) is 12.2 Å². The molecule has 0 atom stereocenters. The molecular formula is C6H6N6OS. The minimum absolute atomic E-state index is 0.268. The van der Waals surface area contributed by atoms with E-state index in [1.165, 1.54) is 6.33 Å². The molecule has 1 amide bonds. The van der Waals surface area contributed by atoms with Crippen LogP contribution in [0.2, 0.25) is 0 Å². The van der Waals surface area contributed by atoms with E-state index in [4.69, 9.17) is 0 Å². The molecule has 72 valence electrons. The predicted molar refractivity (Wildman–Crippen MR) is 47.5 cm³/mol. The Balaban J connectivity index is 1.90. The van der Waals surface area contributed by atoms with Crippen molar-refractivity contribution in [1.82, 2.24) is 30.1 Å². The fraction of sp³-hybridized carbons (Fsp3) is 0.167. The van der Waals surface area contributed by atoms with Gasteiger partial charge in [-0.05, 0) is 11.5 Å². The average molecular weight is 210 g/mol. The van der Waals surface area contributed by atoms with Gasteiger partial charge in [0, 0.05) is 5.38 Å². The molecule has 0 saturated heterocycles. The van der Waals surface area contributed by atoms with Crippen molar-refractivity contribution in [3.05, 3.63) is 23.2 Å². The van der Waals surface area contributed by atoms with Crippen LogP contribution in [0.4, 0.5) is 0 Å². The Kier molecular flexibility index (Phi) is 2.45. The average Bonchev–Trinajstić information content (AvgIpc) is 2.87. The van der Waals surface area contributed by atoms with Gasteiger partial charge in [0.25, 0.3) is 5.91 Å². The Morgan fingerprint density at radius 1 is 1.64 bits per heavy atom. The number of nitrogens with zero attached hydrogens (tertiary/aromatic N) is 4. The second-order valence-electron chi connectivity index (χ2n) is 2.40. The molecule has 0 bridgehead atoms. The molecule has 2 N–H and O–H groups in total. The van der Waals surface area contributed by atoms with Gasteiger partial charge in [-0.2, -0.15) is 5.10 Å². The summed E-state index contributed by atoms with van der Waals surface area (Å²) in [5.74, 6) is 0.330. The Hall–Kier alpha value is -1.83. The summed E-state index contributed by atoms with van der Waals surface area (Å²) >= 11 is 1.13. The summed E-state index contributed by atoms with van der Waals surface area (Å²) in [7, 11) is 0. The van der Waals surface area contributed by atoms with Gasteiger partial charge < -0.3 is 5.32 Å². The molecule has 2 aromatic heterocycles. The van der Waals surface area contributed by atoms with Crippen molar-refractivity contribution in [2.24, 2.45) is 0 Å². The quantitative estimate of drug-likeness (QED) is 0.717. The van der Waals surface area contributed by atoms with Gasteiger partial charge in [-0.3, -0.25) is 9.89 Å². The first-order chi connectivity index (χ1) is 6.86. The van der Waals surface area contributed by atoms with E-state index in [-0.39, 0.29) is 5.91 Å². The van der Waals surface area contributed by atoms with Gasteiger partial charge in [-0.15, -0.1) is 5.10 Å². The third-order valence-electron chi connectivity index (χ3n) is 1.47. The first-order valence-electron chi connectivity index (χ1n) is 3.76. The summed E-state index contributed by atoms with van der Waals surface area (Å²) in [5.41, 5.74) is 0.314. The Morgan fingerprint density at radius 3 is 3.21 bits per heavy atom. The number of aromatic nitrogens is 5. The highest BCUT2D eigenvalue weighted by Gasteiger charge is 2.08. The second kappa shape index (κ2) is 3.92. The number of carbonyl (C=O) groups is 1. The predicted octanol–water partition coefficient (Wildman–Crippen LogP) is -0.414. The molecule has 0 unspecified atom stereocenters. The standard InChI is InChI=1S/C6H6N6OS/c13-6(4-2-14-12-10-4)7-1-5-8-3-9-11-5/h2-3H,1H2,(H,7,13)(H,8,9,11). The molecule has 0 spiro atoms. The van der Waals surface area contributed by atoms with Crippen molar-refractivity contribution < 1.29 is 4.79 Å². The Labute approximate surface area is 82.7 Å². The number of aromatic amines is 1. The van der Waals surface area contributed by atoms with E-state index in [9.17, 15) is 4.79 Å². The van der Waals surface area contributed by atoms with Crippen LogP contribution in [-0.4, -0.2) is 30.7 Å². The molecule has 0 fully saturated rings. The van der Waals surface area contributed by atoms with Gasteiger partial charge >= 0.3 is 0 Å². The summed E-state index contributed by atoms with van der Waals surface area (Å²) in [4.78, 5) is 15.2. The number of nitrogens with one attached hydrogen (secondary N) is 2. The number of hydrogen-bond donors (Lipinski definition) is 2. The summed E-state index contributed by atoms with van der Waals surface area (Å²) in [6.45, 7) is 0.302. The van der Waals surface area contributed by atoms with Gasteiger partial charge in [-0.1, -0.05) is 4.49 Å². The summed E-state index contributed by atoms with van der Waals surface area (Å²) < 4.78 is 3.58. The molecule has 2 rings (SSSR count). The smallest absolute Gasteiger partial charge is 0.273 e. The Morgan fingerprint density at radius 2 is 2.57 bits per heavy atom. The SMILES string of the molecule is O=C(NCc1ncn[nH]1)c1csnn1. The molecule has 0 aliphatic heterocycles. The van der Waals surface area contributed by atoms with E-state index >= 15 is 0 Å². The lowest BCUT2D eigenvalue weighted by Crippen LogP contribution is -2.23. The summed E-state index contributed by atoms with van der Waals surface area (Å²) in [6.07, 6.45) is 1.38. The van der Waals surface area contributed by atoms with E-state index in [2.05, 4.69) is 30.1 Å². The highest BCUT2D eigenvalue weighted by molar-refractivity contribution is 7.03. The molecule has 2 aromatic rings. The van der Waals surface area contributed by atoms with Crippen molar-refractivity contribution in [1.29, 1.82) is 0 Å². The number of carbonyl (C=O) groups excluding carboxylic acids is 1. The van der Waals surface area contributed by atoms with Crippen LogP contribution in [0.1, 0.15) is 16.3 Å². The highest BCUT2D eigenvalue weighted by atomic mass is 32.1. The zero-order valence-corrected chi connectivity index (χ0v) is 7.78. The molecule has 0 aromatic carbocycles. The largest absolute Gasteiger partial charge is 0.343 e. The maximum absolute atomic E-state index is 11.3. The lowest BCUT2D eigenvalue weighted by Gasteiger charge is -1.97. The van der Waals surface area contributed by atoms with E-state index in [1.54, 1.807) is 5.38 Å². The van der Waals surface area contributed by atoms with E-state index in [0.717, 1.165) is 11.5 Å². The number of rotatable bonds is 3. The molecule has 0 aliphatic rings. The molecular weight excluding hydrogens is 204 g/mol. The molecule has 14 heavy (non-hydrogen) atoms. The molecule has 2 heterocycles. The minimum atomic E-state index is -0.268. The maximum atomic E-state index is 11.3. The third kappa shape index (κ3) is 1.91. The molecule has 0 aliphatic carbocycles. The van der Waals surface area contributed by atoms with Crippen molar-refractivity contribution in [2.45, 2.75) is 6.54 Å². The number of H-pyrrole nitrogens is 1. The fourth-order valence-electron chi connectivity index (χ4n) is 0.834. The van der Waals surface area contributed by atoms with Crippen LogP contribution in [0.5, 0.6) is 0 Å². The minimum Gasteiger partial charge on any atom is -0.343 e. The first-order valence-corrected chi connectivity index (χ1v) is 4.59. The lowest BCUT2D eigenvalue weighted by molar-refractivity contribution is 0.0945. The number of amides is 1. The topological polar surface area (TPSA) is 96.5 Å². The maximum Gasteiger partial charge on any atom is 0.273 e. The molecule has 8 heteroatoms. The van der Waals surface area contributed by atoms with Crippen LogP contribution in [0.15, 0.2) is 11.7 Å². The molecule has 0 saturated carbocycles. The van der Waals surface area contributed by atoms with Crippen LogP contribution in [0.3, 0.4) is 0 Å². The van der Waals surface area contributed by atoms with Gasteiger partial charge in [0.05, 0.1) is 6.54 Å².